The number of carbonyl (C=O) groups is 1. The molecule has 0 amide bonds. The summed E-state index contributed by atoms with van der Waals surface area (Å²) >= 11 is 0. The molecule has 1 heterocycles. The second-order valence-electron chi connectivity index (χ2n) is 8.10. The van der Waals surface area contributed by atoms with E-state index in [1.807, 2.05) is 0 Å². The van der Waals surface area contributed by atoms with Crippen LogP contribution in [0.2, 0.25) is 0 Å². The van der Waals surface area contributed by atoms with E-state index in [4.69, 9.17) is 4.74 Å². The van der Waals surface area contributed by atoms with Crippen molar-refractivity contribution in [2.24, 2.45) is 5.92 Å². The fourth-order valence-corrected chi connectivity index (χ4v) is 4.39. The summed E-state index contributed by atoms with van der Waals surface area (Å²) in [5.41, 5.74) is -0.259. The molecular weight excluding hydrogens is 376 g/mol. The lowest BCUT2D eigenvalue weighted by Crippen LogP contribution is -2.39. The molecule has 0 N–H and O–H groups in total. The van der Waals surface area contributed by atoms with Crippen molar-refractivity contribution in [2.75, 3.05) is 19.3 Å². The Morgan fingerprint density at radius 3 is 2.15 bits per heavy atom. The molecule has 0 saturated carbocycles. The smallest absolute Gasteiger partial charge is 0.306 e. The summed E-state index contributed by atoms with van der Waals surface area (Å²) in [5.74, 6) is -2.35. The van der Waals surface area contributed by atoms with Crippen LogP contribution in [0.15, 0.2) is 18.2 Å². The first kappa shape index (κ1) is 21.8. The first-order valence-corrected chi connectivity index (χ1v) is 10.8. The average Bonchev–Trinajstić information content (AvgIpc) is 2.49. The second kappa shape index (κ2) is 8.22. The Morgan fingerprint density at radius 1 is 1.19 bits per heavy atom. The molecule has 0 radical (unpaired) electrons. The van der Waals surface area contributed by atoms with Gasteiger partial charge in [0.2, 0.25) is 10.0 Å². The molecule has 1 atom stereocenters. The van der Waals surface area contributed by atoms with Crippen molar-refractivity contribution >= 4 is 16.0 Å². The van der Waals surface area contributed by atoms with Gasteiger partial charge in [-0.2, -0.15) is 0 Å². The highest BCUT2D eigenvalue weighted by Gasteiger charge is 2.33. The van der Waals surface area contributed by atoms with Crippen molar-refractivity contribution < 1.29 is 26.7 Å². The average molecular weight is 403 g/mol. The van der Waals surface area contributed by atoms with E-state index in [2.05, 4.69) is 0 Å². The summed E-state index contributed by atoms with van der Waals surface area (Å²) in [6, 6.07) is 3.27. The SMILES string of the molecule is CC(C)(C)OC(=O)C[C@@H](c1cc(F)cc(F)c1)C1CCN(S(C)(=O)=O)CC1. The molecule has 8 heteroatoms. The van der Waals surface area contributed by atoms with Gasteiger partial charge < -0.3 is 4.74 Å². The van der Waals surface area contributed by atoms with E-state index >= 15 is 0 Å². The van der Waals surface area contributed by atoms with Crippen molar-refractivity contribution in [2.45, 2.75) is 51.6 Å². The minimum absolute atomic E-state index is 0.0102. The van der Waals surface area contributed by atoms with Crippen LogP contribution in [0.3, 0.4) is 0 Å². The van der Waals surface area contributed by atoms with Gasteiger partial charge in [0.15, 0.2) is 0 Å². The first-order valence-electron chi connectivity index (χ1n) is 8.98. The predicted octanol–water partition coefficient (Wildman–Crippen LogP) is 3.45. The maximum Gasteiger partial charge on any atom is 0.306 e. The van der Waals surface area contributed by atoms with E-state index in [0.29, 0.717) is 31.5 Å². The molecule has 1 fully saturated rings. The number of piperidine rings is 1. The number of nitrogens with zero attached hydrogens (tertiary/aromatic N) is 1. The summed E-state index contributed by atoms with van der Waals surface area (Å²) in [4.78, 5) is 12.4. The fourth-order valence-electron chi connectivity index (χ4n) is 3.52. The van der Waals surface area contributed by atoms with E-state index in [0.717, 1.165) is 12.3 Å². The zero-order valence-corrected chi connectivity index (χ0v) is 17.0. The molecule has 1 aliphatic rings. The highest BCUT2D eigenvalue weighted by atomic mass is 32.2. The molecule has 0 bridgehead atoms. The molecule has 1 aliphatic heterocycles. The number of carbonyl (C=O) groups excluding carboxylic acids is 1. The molecule has 0 aromatic heterocycles. The van der Waals surface area contributed by atoms with Crippen molar-refractivity contribution in [3.05, 3.63) is 35.4 Å². The van der Waals surface area contributed by atoms with E-state index in [1.165, 1.54) is 16.4 Å². The zero-order valence-electron chi connectivity index (χ0n) is 16.2. The minimum Gasteiger partial charge on any atom is -0.460 e. The van der Waals surface area contributed by atoms with Crippen LogP contribution in [-0.2, 0) is 19.6 Å². The number of rotatable bonds is 5. The normalized spacial score (nSPS) is 18.3. The van der Waals surface area contributed by atoms with Crippen LogP contribution in [0.25, 0.3) is 0 Å². The van der Waals surface area contributed by atoms with E-state index < -0.39 is 39.1 Å². The van der Waals surface area contributed by atoms with Gasteiger partial charge in [0.25, 0.3) is 0 Å². The van der Waals surface area contributed by atoms with Gasteiger partial charge in [-0.05, 0) is 63.1 Å². The Hall–Kier alpha value is -1.54. The number of halogens is 2. The Morgan fingerprint density at radius 2 is 1.70 bits per heavy atom. The van der Waals surface area contributed by atoms with Gasteiger partial charge in [-0.1, -0.05) is 0 Å². The van der Waals surface area contributed by atoms with Gasteiger partial charge in [-0.15, -0.1) is 0 Å². The molecule has 2 rings (SSSR count). The van der Waals surface area contributed by atoms with E-state index in [-0.39, 0.29) is 12.3 Å². The monoisotopic (exact) mass is 403 g/mol. The van der Waals surface area contributed by atoms with Gasteiger partial charge in [0, 0.05) is 19.2 Å². The van der Waals surface area contributed by atoms with Crippen LogP contribution in [0.5, 0.6) is 0 Å². The molecule has 0 aliphatic carbocycles. The Labute approximate surface area is 159 Å². The summed E-state index contributed by atoms with van der Waals surface area (Å²) < 4.78 is 57.7. The third kappa shape index (κ3) is 6.53. The fraction of sp³-hybridized carbons (Fsp3) is 0.632. The minimum atomic E-state index is -3.28. The van der Waals surface area contributed by atoms with Crippen LogP contribution in [0.1, 0.15) is 51.5 Å². The van der Waals surface area contributed by atoms with E-state index in [9.17, 15) is 22.0 Å². The number of ether oxygens (including phenoxy) is 1. The Balaban J connectivity index is 2.23. The van der Waals surface area contributed by atoms with Crippen LogP contribution < -0.4 is 0 Å². The number of esters is 1. The standard InChI is InChI=1S/C19H27F2NO4S/c1-19(2,3)26-18(23)12-17(14-9-15(20)11-16(21)10-14)13-5-7-22(8-6-13)27(4,24)25/h9-11,13,17H,5-8,12H2,1-4H3/t17-/m1/s1. The Bertz CT molecular complexity index is 761. The molecule has 27 heavy (non-hydrogen) atoms. The zero-order chi connectivity index (χ0) is 20.4. The molecule has 5 nitrogen and oxygen atoms in total. The van der Waals surface area contributed by atoms with Crippen molar-refractivity contribution in [1.29, 1.82) is 0 Å². The highest BCUT2D eigenvalue weighted by molar-refractivity contribution is 7.88. The van der Waals surface area contributed by atoms with Crippen LogP contribution >= 0.6 is 0 Å². The molecule has 0 unspecified atom stereocenters. The topological polar surface area (TPSA) is 63.7 Å². The largest absolute Gasteiger partial charge is 0.460 e. The van der Waals surface area contributed by atoms with Crippen LogP contribution in [0.4, 0.5) is 8.78 Å². The predicted molar refractivity (Wildman–Crippen MR) is 98.7 cm³/mol. The molecular formula is C19H27F2NO4S. The molecule has 1 saturated heterocycles. The lowest BCUT2D eigenvalue weighted by atomic mass is 9.78. The molecule has 152 valence electrons. The molecule has 0 spiro atoms. The maximum atomic E-state index is 13.7. The van der Waals surface area contributed by atoms with E-state index in [1.54, 1.807) is 20.8 Å². The van der Waals surface area contributed by atoms with Crippen molar-refractivity contribution in [3.8, 4) is 0 Å². The molecule has 1 aromatic rings. The van der Waals surface area contributed by atoms with Gasteiger partial charge in [0.1, 0.15) is 17.2 Å². The third-order valence-corrected chi connectivity index (χ3v) is 5.96. The Kier molecular flexibility index (Phi) is 6.63. The number of benzene rings is 1. The summed E-state index contributed by atoms with van der Waals surface area (Å²) in [7, 11) is -3.28. The van der Waals surface area contributed by atoms with Gasteiger partial charge in [-0.3, -0.25) is 4.79 Å². The molecule has 1 aromatic carbocycles. The van der Waals surface area contributed by atoms with Crippen LogP contribution in [0, 0.1) is 17.6 Å². The summed E-state index contributed by atoms with van der Waals surface area (Å²) in [6.07, 6.45) is 2.18. The lowest BCUT2D eigenvalue weighted by Gasteiger charge is -2.35. The second-order valence-corrected chi connectivity index (χ2v) is 10.1. The van der Waals surface area contributed by atoms with Gasteiger partial charge in [-0.25, -0.2) is 21.5 Å². The quantitative estimate of drug-likeness (QED) is 0.707. The summed E-state index contributed by atoms with van der Waals surface area (Å²) in [5, 5.41) is 0. The number of hydrogen-bond acceptors (Lipinski definition) is 4. The number of sulfonamides is 1. The van der Waals surface area contributed by atoms with Gasteiger partial charge >= 0.3 is 5.97 Å². The van der Waals surface area contributed by atoms with Crippen LogP contribution in [-0.4, -0.2) is 43.6 Å². The third-order valence-electron chi connectivity index (χ3n) is 4.66. The number of hydrogen-bond donors (Lipinski definition) is 0. The lowest BCUT2D eigenvalue weighted by molar-refractivity contribution is -0.155. The summed E-state index contributed by atoms with van der Waals surface area (Å²) in [6.45, 7) is 5.92. The van der Waals surface area contributed by atoms with Crippen molar-refractivity contribution in [3.63, 3.8) is 0 Å². The first-order chi connectivity index (χ1) is 12.3. The van der Waals surface area contributed by atoms with Gasteiger partial charge in [0.05, 0.1) is 12.7 Å². The maximum absolute atomic E-state index is 13.7. The highest BCUT2D eigenvalue weighted by Crippen LogP contribution is 2.37. The van der Waals surface area contributed by atoms with Crippen molar-refractivity contribution in [1.82, 2.24) is 4.31 Å².